The average molecular weight is 260 g/mol. The van der Waals surface area contributed by atoms with Crippen molar-refractivity contribution in [1.82, 2.24) is 5.32 Å². The first kappa shape index (κ1) is 12.5. The number of hydrogen-bond donors (Lipinski definition) is 1. The van der Waals surface area contributed by atoms with E-state index in [2.05, 4.69) is 16.4 Å². The van der Waals surface area contributed by atoms with E-state index in [-0.39, 0.29) is 6.10 Å². The van der Waals surface area contributed by atoms with Crippen LogP contribution in [-0.4, -0.2) is 32.6 Å². The Balaban J connectivity index is 1.66. The van der Waals surface area contributed by atoms with Gasteiger partial charge in [0, 0.05) is 12.5 Å². The van der Waals surface area contributed by atoms with Crippen molar-refractivity contribution in [3.05, 3.63) is 29.8 Å². The summed E-state index contributed by atoms with van der Waals surface area (Å²) in [5.74, 6) is 2.25. The zero-order chi connectivity index (χ0) is 13.1. The van der Waals surface area contributed by atoms with Crippen molar-refractivity contribution in [3.8, 4) is 5.75 Å². The molecule has 2 unspecified atom stereocenters. The second kappa shape index (κ2) is 5.61. The summed E-state index contributed by atoms with van der Waals surface area (Å²) in [4.78, 5) is 4.59. The summed E-state index contributed by atoms with van der Waals surface area (Å²) >= 11 is 0. The van der Waals surface area contributed by atoms with Crippen LogP contribution in [0.3, 0.4) is 0 Å². The molecular weight excluding hydrogens is 240 g/mol. The number of hydrogen-bond acceptors (Lipinski definition) is 4. The van der Waals surface area contributed by atoms with Crippen LogP contribution < -0.4 is 10.1 Å². The minimum atomic E-state index is 0.0482. The molecule has 102 valence electrons. The standard InChI is InChI=1S/C15H20N2O2/c1-18-13-6-2-4-11(8-13)14-10-17-15(19-14)12-5-3-7-16-9-12/h2,4,6,8,12,14,16H,3,5,7,9-10H2,1H3. The summed E-state index contributed by atoms with van der Waals surface area (Å²) in [5, 5.41) is 3.40. The molecule has 0 amide bonds. The highest BCUT2D eigenvalue weighted by atomic mass is 16.5. The maximum atomic E-state index is 6.04. The summed E-state index contributed by atoms with van der Waals surface area (Å²) in [5.41, 5.74) is 1.14. The van der Waals surface area contributed by atoms with Gasteiger partial charge >= 0.3 is 0 Å². The van der Waals surface area contributed by atoms with Crippen LogP contribution in [-0.2, 0) is 4.74 Å². The molecule has 0 saturated carbocycles. The van der Waals surface area contributed by atoms with Crippen LogP contribution in [0.1, 0.15) is 24.5 Å². The Labute approximate surface area is 113 Å². The maximum Gasteiger partial charge on any atom is 0.188 e. The smallest absolute Gasteiger partial charge is 0.188 e. The predicted molar refractivity (Wildman–Crippen MR) is 74.7 cm³/mol. The van der Waals surface area contributed by atoms with Crippen LogP contribution in [0.25, 0.3) is 0 Å². The summed E-state index contributed by atoms with van der Waals surface area (Å²) < 4.78 is 11.3. The van der Waals surface area contributed by atoms with E-state index in [4.69, 9.17) is 9.47 Å². The molecule has 0 radical (unpaired) electrons. The highest BCUT2D eigenvalue weighted by Gasteiger charge is 2.28. The van der Waals surface area contributed by atoms with E-state index in [1.807, 2.05) is 18.2 Å². The van der Waals surface area contributed by atoms with E-state index >= 15 is 0 Å². The number of aliphatic imine (C=N–C) groups is 1. The Morgan fingerprint density at radius 1 is 1.42 bits per heavy atom. The molecule has 1 aromatic rings. The van der Waals surface area contributed by atoms with Crippen molar-refractivity contribution in [1.29, 1.82) is 0 Å². The zero-order valence-electron chi connectivity index (χ0n) is 11.3. The SMILES string of the molecule is COc1cccc(C2CN=C(C3CCCNC3)O2)c1. The molecule has 0 bridgehead atoms. The number of nitrogens with zero attached hydrogens (tertiary/aromatic N) is 1. The molecule has 19 heavy (non-hydrogen) atoms. The van der Waals surface area contributed by atoms with Crippen molar-refractivity contribution in [3.63, 3.8) is 0 Å². The van der Waals surface area contributed by atoms with Gasteiger partial charge in [0.05, 0.1) is 13.7 Å². The topological polar surface area (TPSA) is 42.8 Å². The molecule has 3 rings (SSSR count). The summed E-state index contributed by atoms with van der Waals surface area (Å²) in [7, 11) is 1.68. The number of ether oxygens (including phenoxy) is 2. The Morgan fingerprint density at radius 3 is 3.16 bits per heavy atom. The molecule has 2 heterocycles. The molecule has 0 aromatic heterocycles. The molecule has 2 aliphatic rings. The number of piperidine rings is 1. The largest absolute Gasteiger partial charge is 0.497 e. The fourth-order valence-electron chi connectivity index (χ4n) is 2.70. The third kappa shape index (κ3) is 2.73. The van der Waals surface area contributed by atoms with Gasteiger partial charge in [-0.3, -0.25) is 4.99 Å². The molecule has 1 fully saturated rings. The zero-order valence-corrected chi connectivity index (χ0v) is 11.3. The molecule has 2 atom stereocenters. The maximum absolute atomic E-state index is 6.04. The van der Waals surface area contributed by atoms with Crippen LogP contribution in [0.15, 0.2) is 29.3 Å². The van der Waals surface area contributed by atoms with Gasteiger partial charge in [-0.15, -0.1) is 0 Å². The van der Waals surface area contributed by atoms with Crippen LogP contribution >= 0.6 is 0 Å². The molecule has 1 aromatic carbocycles. The summed E-state index contributed by atoms with van der Waals surface area (Å²) in [6.45, 7) is 2.83. The lowest BCUT2D eigenvalue weighted by molar-refractivity contribution is 0.208. The molecule has 1 saturated heterocycles. The van der Waals surface area contributed by atoms with E-state index in [0.717, 1.165) is 36.8 Å². The summed E-state index contributed by atoms with van der Waals surface area (Å²) in [6.07, 6.45) is 2.43. The normalized spacial score (nSPS) is 26.7. The monoisotopic (exact) mass is 260 g/mol. The van der Waals surface area contributed by atoms with E-state index < -0.39 is 0 Å². The lowest BCUT2D eigenvalue weighted by atomic mass is 10.00. The Hall–Kier alpha value is -1.55. The second-order valence-electron chi connectivity index (χ2n) is 5.11. The minimum absolute atomic E-state index is 0.0482. The highest BCUT2D eigenvalue weighted by Crippen LogP contribution is 2.29. The number of rotatable bonds is 3. The van der Waals surface area contributed by atoms with E-state index in [1.54, 1.807) is 7.11 Å². The van der Waals surface area contributed by atoms with E-state index in [0.29, 0.717) is 5.92 Å². The van der Waals surface area contributed by atoms with Crippen LogP contribution in [0.2, 0.25) is 0 Å². The van der Waals surface area contributed by atoms with Gasteiger partial charge < -0.3 is 14.8 Å². The molecule has 4 heteroatoms. The van der Waals surface area contributed by atoms with Gasteiger partial charge in [-0.2, -0.15) is 0 Å². The van der Waals surface area contributed by atoms with Crippen molar-refractivity contribution >= 4 is 5.90 Å². The molecule has 0 spiro atoms. The Morgan fingerprint density at radius 2 is 2.37 bits per heavy atom. The summed E-state index contributed by atoms with van der Waals surface area (Å²) in [6, 6.07) is 8.05. The molecule has 0 aliphatic carbocycles. The van der Waals surface area contributed by atoms with Crippen molar-refractivity contribution in [2.75, 3.05) is 26.7 Å². The fourth-order valence-corrected chi connectivity index (χ4v) is 2.70. The molecule has 1 N–H and O–H groups in total. The quantitative estimate of drug-likeness (QED) is 0.905. The highest BCUT2D eigenvalue weighted by molar-refractivity contribution is 5.80. The molecular formula is C15H20N2O2. The van der Waals surface area contributed by atoms with Crippen molar-refractivity contribution in [2.24, 2.45) is 10.9 Å². The van der Waals surface area contributed by atoms with Crippen molar-refractivity contribution in [2.45, 2.75) is 18.9 Å². The number of benzene rings is 1. The van der Waals surface area contributed by atoms with E-state index in [9.17, 15) is 0 Å². The van der Waals surface area contributed by atoms with Gasteiger partial charge in [0.15, 0.2) is 5.90 Å². The number of methoxy groups -OCH3 is 1. The minimum Gasteiger partial charge on any atom is -0.497 e. The first-order chi connectivity index (χ1) is 9.36. The van der Waals surface area contributed by atoms with E-state index in [1.165, 1.54) is 12.8 Å². The van der Waals surface area contributed by atoms with Crippen LogP contribution in [0, 0.1) is 5.92 Å². The third-order valence-electron chi connectivity index (χ3n) is 3.79. The first-order valence-corrected chi connectivity index (χ1v) is 6.92. The Kier molecular flexibility index (Phi) is 3.69. The predicted octanol–water partition coefficient (Wildman–Crippen LogP) is 2.16. The fraction of sp³-hybridized carbons (Fsp3) is 0.533. The van der Waals surface area contributed by atoms with Gasteiger partial charge in [-0.05, 0) is 37.1 Å². The van der Waals surface area contributed by atoms with Crippen LogP contribution in [0.5, 0.6) is 5.75 Å². The van der Waals surface area contributed by atoms with Gasteiger partial charge in [0.2, 0.25) is 0 Å². The second-order valence-corrected chi connectivity index (χ2v) is 5.11. The molecule has 2 aliphatic heterocycles. The Bertz CT molecular complexity index is 467. The average Bonchev–Trinajstić information content (AvgIpc) is 2.98. The van der Waals surface area contributed by atoms with Gasteiger partial charge in [0.1, 0.15) is 11.9 Å². The van der Waals surface area contributed by atoms with Crippen molar-refractivity contribution < 1.29 is 9.47 Å². The lowest BCUT2D eigenvalue weighted by Crippen LogP contribution is -2.34. The van der Waals surface area contributed by atoms with Gasteiger partial charge in [-0.25, -0.2) is 0 Å². The first-order valence-electron chi connectivity index (χ1n) is 6.92. The van der Waals surface area contributed by atoms with Gasteiger partial charge in [0.25, 0.3) is 0 Å². The molecule has 4 nitrogen and oxygen atoms in total. The number of nitrogens with one attached hydrogen (secondary N) is 1. The van der Waals surface area contributed by atoms with Crippen LogP contribution in [0.4, 0.5) is 0 Å². The van der Waals surface area contributed by atoms with Gasteiger partial charge in [-0.1, -0.05) is 12.1 Å². The third-order valence-corrected chi connectivity index (χ3v) is 3.79. The lowest BCUT2D eigenvalue weighted by Gasteiger charge is -2.23.